The van der Waals surface area contributed by atoms with Crippen molar-refractivity contribution in [3.05, 3.63) is 18.2 Å². The van der Waals surface area contributed by atoms with Crippen molar-refractivity contribution in [1.82, 2.24) is 4.31 Å². The Balaban J connectivity index is 1.73. The molecule has 1 N–H and O–H groups in total. The van der Waals surface area contributed by atoms with Crippen LogP contribution in [0, 0.1) is 5.92 Å². The Morgan fingerprint density at radius 1 is 1.22 bits per heavy atom. The molecule has 150 valence electrons. The average Bonchev–Trinajstić information content (AvgIpc) is 3.48. The van der Waals surface area contributed by atoms with E-state index in [4.69, 9.17) is 9.47 Å². The topological polar surface area (TPSA) is 84.9 Å². The summed E-state index contributed by atoms with van der Waals surface area (Å²) in [6.45, 7) is 3.86. The maximum absolute atomic E-state index is 12.9. The molecule has 1 heterocycles. The number of sulfonamides is 1. The van der Waals surface area contributed by atoms with E-state index < -0.39 is 10.0 Å². The lowest BCUT2D eigenvalue weighted by atomic mass is 10.2. The zero-order valence-electron chi connectivity index (χ0n) is 15.8. The fourth-order valence-corrected chi connectivity index (χ4v) is 4.64. The Hall–Kier alpha value is -1.64. The molecule has 0 aromatic heterocycles. The van der Waals surface area contributed by atoms with Gasteiger partial charge in [0.25, 0.3) is 0 Å². The number of hydrogen-bond donors (Lipinski definition) is 1. The van der Waals surface area contributed by atoms with Crippen LogP contribution in [0.2, 0.25) is 0 Å². The molecule has 0 bridgehead atoms. The lowest BCUT2D eigenvalue weighted by Crippen LogP contribution is -2.35. The van der Waals surface area contributed by atoms with Gasteiger partial charge in [0, 0.05) is 13.1 Å². The fraction of sp³-hybridized carbons (Fsp3) is 0.632. The summed E-state index contributed by atoms with van der Waals surface area (Å²) in [5.41, 5.74) is 0.356. The van der Waals surface area contributed by atoms with Gasteiger partial charge >= 0.3 is 0 Å². The molecule has 1 aromatic rings. The van der Waals surface area contributed by atoms with Crippen LogP contribution < -0.4 is 10.1 Å². The van der Waals surface area contributed by atoms with Crippen molar-refractivity contribution in [2.75, 3.05) is 38.2 Å². The summed E-state index contributed by atoms with van der Waals surface area (Å²) in [5, 5.41) is 2.73. The van der Waals surface area contributed by atoms with Crippen molar-refractivity contribution < 1.29 is 22.7 Å². The molecule has 1 aromatic carbocycles. The van der Waals surface area contributed by atoms with E-state index in [0.717, 1.165) is 32.1 Å². The third-order valence-electron chi connectivity index (χ3n) is 4.76. The van der Waals surface area contributed by atoms with Crippen LogP contribution in [0.4, 0.5) is 5.69 Å². The molecule has 7 nitrogen and oxygen atoms in total. The van der Waals surface area contributed by atoms with Crippen LogP contribution in [-0.4, -0.2) is 51.5 Å². The van der Waals surface area contributed by atoms with Crippen LogP contribution >= 0.6 is 0 Å². The molecule has 0 radical (unpaired) electrons. The van der Waals surface area contributed by atoms with E-state index in [9.17, 15) is 13.2 Å². The number of nitrogens with zero attached hydrogens (tertiary/aromatic N) is 1. The van der Waals surface area contributed by atoms with Gasteiger partial charge < -0.3 is 14.8 Å². The van der Waals surface area contributed by atoms with Crippen molar-refractivity contribution >= 4 is 21.6 Å². The quantitative estimate of drug-likeness (QED) is 0.694. The number of rotatable bonds is 9. The zero-order valence-corrected chi connectivity index (χ0v) is 16.6. The second-order valence-electron chi connectivity index (χ2n) is 7.06. The summed E-state index contributed by atoms with van der Waals surface area (Å²) >= 11 is 0. The first-order valence-corrected chi connectivity index (χ1v) is 11.1. The number of amides is 1. The van der Waals surface area contributed by atoms with Crippen molar-refractivity contribution in [3.8, 4) is 5.75 Å². The van der Waals surface area contributed by atoms with Gasteiger partial charge in [-0.25, -0.2) is 8.42 Å². The van der Waals surface area contributed by atoms with Crippen molar-refractivity contribution in [1.29, 1.82) is 0 Å². The molecular formula is C19H28N2O5S. The van der Waals surface area contributed by atoms with Gasteiger partial charge in [-0.1, -0.05) is 6.42 Å². The summed E-state index contributed by atoms with van der Waals surface area (Å²) in [5.74, 6) is 0.713. The maximum atomic E-state index is 12.9. The molecule has 0 unspecified atom stereocenters. The van der Waals surface area contributed by atoms with Crippen molar-refractivity contribution in [2.45, 2.75) is 43.9 Å². The van der Waals surface area contributed by atoms with Gasteiger partial charge in [-0.15, -0.1) is 0 Å². The third-order valence-corrected chi connectivity index (χ3v) is 6.66. The van der Waals surface area contributed by atoms with E-state index in [1.54, 1.807) is 6.07 Å². The minimum Gasteiger partial charge on any atom is -0.492 e. The molecule has 1 amide bonds. The highest BCUT2D eigenvalue weighted by atomic mass is 32.2. The normalized spacial score (nSPS) is 18.3. The second kappa shape index (κ2) is 9.03. The van der Waals surface area contributed by atoms with Gasteiger partial charge in [-0.05, 0) is 56.7 Å². The standard InChI is InChI=1S/C19H28N2O5S/c1-2-26-18-9-8-16(27(23,24)21-10-4-3-5-11-21)12-17(18)20-19(22)14-25-13-15-6-7-15/h8-9,12,15H,2-7,10-11,13-14H2,1H3,(H,20,22). The molecule has 0 atom stereocenters. The number of ether oxygens (including phenoxy) is 2. The predicted molar refractivity (Wildman–Crippen MR) is 102 cm³/mol. The lowest BCUT2D eigenvalue weighted by Gasteiger charge is -2.26. The van der Waals surface area contributed by atoms with Gasteiger partial charge in [0.05, 0.1) is 23.8 Å². The van der Waals surface area contributed by atoms with Gasteiger partial charge in [0.2, 0.25) is 15.9 Å². The van der Waals surface area contributed by atoms with E-state index >= 15 is 0 Å². The largest absolute Gasteiger partial charge is 0.492 e. The van der Waals surface area contributed by atoms with E-state index in [-0.39, 0.29) is 17.4 Å². The molecule has 2 aliphatic rings. The summed E-state index contributed by atoms with van der Waals surface area (Å²) in [6, 6.07) is 4.61. The van der Waals surface area contributed by atoms with Crippen LogP contribution in [0.1, 0.15) is 39.0 Å². The second-order valence-corrected chi connectivity index (χ2v) is 9.00. The molecule has 8 heteroatoms. The number of hydrogen-bond acceptors (Lipinski definition) is 5. The Morgan fingerprint density at radius 3 is 2.63 bits per heavy atom. The first-order valence-electron chi connectivity index (χ1n) is 9.65. The minimum absolute atomic E-state index is 0.0504. The average molecular weight is 397 g/mol. The summed E-state index contributed by atoms with van der Waals surface area (Å²) in [6.07, 6.45) is 5.12. The summed E-state index contributed by atoms with van der Waals surface area (Å²) in [7, 11) is -3.58. The Morgan fingerprint density at radius 2 is 1.96 bits per heavy atom. The maximum Gasteiger partial charge on any atom is 0.250 e. The monoisotopic (exact) mass is 396 g/mol. The highest BCUT2D eigenvalue weighted by molar-refractivity contribution is 7.89. The molecule has 0 spiro atoms. The number of anilines is 1. The highest BCUT2D eigenvalue weighted by Crippen LogP contribution is 2.31. The first-order chi connectivity index (χ1) is 13.0. The molecule has 2 fully saturated rings. The third kappa shape index (κ3) is 5.43. The van der Waals surface area contributed by atoms with Crippen LogP contribution in [0.3, 0.4) is 0 Å². The van der Waals surface area contributed by atoms with Crippen LogP contribution in [0.25, 0.3) is 0 Å². The number of carbonyl (C=O) groups is 1. The van der Waals surface area contributed by atoms with Crippen LogP contribution in [0.15, 0.2) is 23.1 Å². The lowest BCUT2D eigenvalue weighted by molar-refractivity contribution is -0.120. The Bertz CT molecular complexity index is 755. The number of nitrogens with one attached hydrogen (secondary N) is 1. The molecule has 3 rings (SSSR count). The van der Waals surface area contributed by atoms with Gasteiger partial charge in [0.1, 0.15) is 12.4 Å². The van der Waals surface area contributed by atoms with E-state index in [2.05, 4.69) is 5.32 Å². The molecule has 1 aliphatic carbocycles. The predicted octanol–water partition coefficient (Wildman–Crippen LogP) is 2.63. The number of benzene rings is 1. The van der Waals surface area contributed by atoms with Crippen LogP contribution in [-0.2, 0) is 19.6 Å². The van der Waals surface area contributed by atoms with Crippen LogP contribution in [0.5, 0.6) is 5.75 Å². The highest BCUT2D eigenvalue weighted by Gasteiger charge is 2.27. The van der Waals surface area contributed by atoms with Gasteiger partial charge in [-0.3, -0.25) is 4.79 Å². The van der Waals surface area contributed by atoms with Gasteiger partial charge in [0.15, 0.2) is 0 Å². The Kier molecular flexibility index (Phi) is 6.73. The van der Waals surface area contributed by atoms with E-state index in [0.29, 0.717) is 43.7 Å². The van der Waals surface area contributed by atoms with E-state index in [1.807, 2.05) is 6.92 Å². The molecule has 27 heavy (non-hydrogen) atoms. The number of carbonyl (C=O) groups excluding carboxylic acids is 1. The molecule has 1 aliphatic heterocycles. The van der Waals surface area contributed by atoms with Crippen molar-refractivity contribution in [2.24, 2.45) is 5.92 Å². The zero-order chi connectivity index (χ0) is 19.3. The molecule has 1 saturated carbocycles. The smallest absolute Gasteiger partial charge is 0.250 e. The number of piperidine rings is 1. The summed E-state index contributed by atoms with van der Waals surface area (Å²) < 4.78 is 38.2. The van der Waals surface area contributed by atoms with Crippen molar-refractivity contribution in [3.63, 3.8) is 0 Å². The van der Waals surface area contributed by atoms with Gasteiger partial charge in [-0.2, -0.15) is 4.31 Å². The minimum atomic E-state index is -3.58. The first kappa shape index (κ1) is 20.1. The SMILES string of the molecule is CCOc1ccc(S(=O)(=O)N2CCCCC2)cc1NC(=O)COCC1CC1. The molecule has 1 saturated heterocycles. The Labute approximate surface area is 161 Å². The summed E-state index contributed by atoms with van der Waals surface area (Å²) in [4.78, 5) is 12.4. The van der Waals surface area contributed by atoms with E-state index in [1.165, 1.54) is 16.4 Å². The fourth-order valence-electron chi connectivity index (χ4n) is 3.09. The molecular weight excluding hydrogens is 368 g/mol.